The number of benzene rings is 3. The third-order valence-corrected chi connectivity index (χ3v) is 6.11. The fourth-order valence-corrected chi connectivity index (χ4v) is 4.11. The van der Waals surface area contributed by atoms with Crippen molar-refractivity contribution in [1.82, 2.24) is 0 Å². The molecule has 0 aliphatic carbocycles. The van der Waals surface area contributed by atoms with Gasteiger partial charge in [0.2, 0.25) is 0 Å². The Bertz CT molecular complexity index is 1460. The molecule has 0 saturated heterocycles. The van der Waals surface area contributed by atoms with E-state index in [0.29, 0.717) is 33.1 Å². The summed E-state index contributed by atoms with van der Waals surface area (Å²) in [5, 5.41) is 23.6. The number of ketones is 3. The molecule has 206 valence electrons. The zero-order valence-corrected chi connectivity index (χ0v) is 22.5. The molecule has 0 bridgehead atoms. The summed E-state index contributed by atoms with van der Waals surface area (Å²) >= 11 is 5.65. The summed E-state index contributed by atoms with van der Waals surface area (Å²) in [7, 11) is 0. The quantitative estimate of drug-likeness (QED) is 0.344. The second-order valence-corrected chi connectivity index (χ2v) is 9.60. The van der Waals surface area contributed by atoms with E-state index in [1.807, 2.05) is 13.0 Å². The van der Waals surface area contributed by atoms with Crippen LogP contribution in [-0.2, 0) is 32.0 Å². The van der Waals surface area contributed by atoms with Gasteiger partial charge in [-0.2, -0.15) is 0 Å². The third kappa shape index (κ3) is 7.17. The monoisotopic (exact) mass is 564 g/mol. The Labute approximate surface area is 234 Å². The summed E-state index contributed by atoms with van der Waals surface area (Å²) in [6.07, 6.45) is 0.0414. The zero-order chi connectivity index (χ0) is 29.7. The standard InChI is InChI=1S/C12H14O4.C9H7NO2.C8H4ClNO2/c1-7-3-10(6-12(15)16)11(14)5-9(7)4-8(2)13;1-5-2-3-7-6(4-5)8(11)9(12)10-7;9-4-1-2-6-5(3-4)7(11)8(12)10-6/h3,5,14H,4,6H2,1-2H3,(H,15,16);2-4H,1H3,(H,10,11,12);1-3H,(H,10,11,12). The zero-order valence-electron chi connectivity index (χ0n) is 21.8. The number of carbonyl (C=O) groups excluding carboxylic acids is 5. The van der Waals surface area contributed by atoms with E-state index in [1.165, 1.54) is 19.1 Å². The van der Waals surface area contributed by atoms with Gasteiger partial charge in [0, 0.05) is 17.0 Å². The van der Waals surface area contributed by atoms with Gasteiger partial charge in [0.15, 0.2) is 0 Å². The minimum Gasteiger partial charge on any atom is -0.508 e. The molecule has 40 heavy (non-hydrogen) atoms. The van der Waals surface area contributed by atoms with Crippen LogP contribution in [0.3, 0.4) is 0 Å². The number of hydrogen-bond acceptors (Lipinski definition) is 7. The van der Waals surface area contributed by atoms with Crippen LogP contribution in [0.25, 0.3) is 0 Å². The van der Waals surface area contributed by atoms with E-state index in [1.54, 1.807) is 37.3 Å². The van der Waals surface area contributed by atoms with E-state index >= 15 is 0 Å². The summed E-state index contributed by atoms with van der Waals surface area (Å²) in [6, 6.07) is 13.1. The Morgan fingerprint density at radius 1 is 0.775 bits per heavy atom. The summed E-state index contributed by atoms with van der Waals surface area (Å²) in [5.74, 6) is -3.13. The molecule has 0 radical (unpaired) electrons. The number of nitrogens with one attached hydrogen (secondary N) is 2. The van der Waals surface area contributed by atoms with Crippen LogP contribution in [0.4, 0.5) is 11.4 Å². The molecule has 4 N–H and O–H groups in total. The van der Waals surface area contributed by atoms with Gasteiger partial charge in [0.1, 0.15) is 11.5 Å². The molecule has 2 amide bonds. The minimum absolute atomic E-state index is 0.00786. The highest BCUT2D eigenvalue weighted by Gasteiger charge is 2.28. The van der Waals surface area contributed by atoms with Gasteiger partial charge >= 0.3 is 5.97 Å². The molecular formula is C29H25ClN2O8. The molecule has 0 saturated carbocycles. The lowest BCUT2D eigenvalue weighted by Gasteiger charge is -2.08. The van der Waals surface area contributed by atoms with Gasteiger partial charge in [-0.15, -0.1) is 0 Å². The number of carboxylic acids is 1. The van der Waals surface area contributed by atoms with Crippen LogP contribution in [-0.4, -0.2) is 45.3 Å². The number of rotatable bonds is 4. The van der Waals surface area contributed by atoms with Crippen molar-refractivity contribution in [1.29, 1.82) is 0 Å². The van der Waals surface area contributed by atoms with Crippen molar-refractivity contribution in [3.05, 3.63) is 86.9 Å². The fraction of sp³-hybridized carbons (Fsp3) is 0.172. The van der Waals surface area contributed by atoms with Crippen molar-refractivity contribution in [3.63, 3.8) is 0 Å². The van der Waals surface area contributed by atoms with Crippen molar-refractivity contribution in [3.8, 4) is 5.75 Å². The van der Waals surface area contributed by atoms with Crippen LogP contribution in [0.2, 0.25) is 5.02 Å². The highest BCUT2D eigenvalue weighted by atomic mass is 35.5. The number of phenolic OH excluding ortho intramolecular Hbond substituents is 1. The lowest BCUT2D eigenvalue weighted by Crippen LogP contribution is -2.12. The maximum absolute atomic E-state index is 11.1. The number of fused-ring (bicyclic) bond motifs is 2. The number of Topliss-reactive ketones (excluding diaryl/α,β-unsaturated/α-hetero) is 3. The number of phenols is 1. The average Bonchev–Trinajstić information content (AvgIpc) is 3.31. The molecule has 0 atom stereocenters. The summed E-state index contributed by atoms with van der Waals surface area (Å²) in [5.41, 5.74) is 4.91. The van der Waals surface area contributed by atoms with Crippen molar-refractivity contribution in [2.75, 3.05) is 10.6 Å². The molecule has 0 spiro atoms. The molecule has 2 aliphatic rings. The highest BCUT2D eigenvalue weighted by molar-refractivity contribution is 6.52. The topological polar surface area (TPSA) is 167 Å². The predicted octanol–water partition coefficient (Wildman–Crippen LogP) is 4.06. The first kappa shape index (κ1) is 29.7. The summed E-state index contributed by atoms with van der Waals surface area (Å²) in [4.78, 5) is 65.4. The molecule has 11 heteroatoms. The number of amides is 2. The fourth-order valence-electron chi connectivity index (χ4n) is 3.93. The molecule has 10 nitrogen and oxygen atoms in total. The van der Waals surface area contributed by atoms with Gasteiger partial charge in [0.25, 0.3) is 23.4 Å². The summed E-state index contributed by atoms with van der Waals surface area (Å²) < 4.78 is 0. The lowest BCUT2D eigenvalue weighted by molar-refractivity contribution is -0.136. The molecule has 0 unspecified atom stereocenters. The second-order valence-electron chi connectivity index (χ2n) is 9.16. The predicted molar refractivity (Wildman–Crippen MR) is 147 cm³/mol. The van der Waals surface area contributed by atoms with Gasteiger partial charge in [-0.05, 0) is 68.3 Å². The lowest BCUT2D eigenvalue weighted by atomic mass is 9.99. The molecule has 2 aliphatic heterocycles. The van der Waals surface area contributed by atoms with Crippen LogP contribution >= 0.6 is 11.6 Å². The van der Waals surface area contributed by atoms with Crippen molar-refractivity contribution >= 4 is 58.1 Å². The van der Waals surface area contributed by atoms with E-state index in [0.717, 1.165) is 16.7 Å². The third-order valence-electron chi connectivity index (χ3n) is 5.87. The molecular weight excluding hydrogens is 540 g/mol. The first-order valence-corrected chi connectivity index (χ1v) is 12.3. The maximum Gasteiger partial charge on any atom is 0.307 e. The number of aromatic hydroxyl groups is 1. The molecule has 3 aromatic carbocycles. The molecule has 0 fully saturated rings. The molecule has 5 rings (SSSR count). The number of aryl methyl sites for hydroxylation is 2. The Kier molecular flexibility index (Phi) is 9.18. The highest BCUT2D eigenvalue weighted by Crippen LogP contribution is 2.26. The van der Waals surface area contributed by atoms with Gasteiger partial charge in [-0.1, -0.05) is 29.3 Å². The van der Waals surface area contributed by atoms with Crippen LogP contribution in [0.5, 0.6) is 5.75 Å². The van der Waals surface area contributed by atoms with E-state index in [2.05, 4.69) is 10.6 Å². The number of anilines is 2. The van der Waals surface area contributed by atoms with Gasteiger partial charge in [-0.3, -0.25) is 28.8 Å². The number of carbonyl (C=O) groups is 6. The SMILES string of the molecule is CC(=O)Cc1cc(O)c(CC(=O)O)cc1C.Cc1ccc2c(c1)C(=O)C(=O)N2.O=C1Nc2ccc(Cl)cc2C1=O. The Hall–Kier alpha value is -4.83. The van der Waals surface area contributed by atoms with E-state index < -0.39 is 29.4 Å². The average molecular weight is 565 g/mol. The molecule has 3 aromatic rings. The largest absolute Gasteiger partial charge is 0.508 e. The van der Waals surface area contributed by atoms with Crippen LogP contribution in [0.1, 0.15) is 49.9 Å². The van der Waals surface area contributed by atoms with Crippen molar-refractivity contribution < 1.29 is 39.0 Å². The van der Waals surface area contributed by atoms with Gasteiger partial charge in [0.05, 0.1) is 28.9 Å². The number of carboxylic acid groups (broad SMARTS) is 1. The second kappa shape index (κ2) is 12.4. The van der Waals surface area contributed by atoms with Gasteiger partial charge in [-0.25, -0.2) is 0 Å². The molecule has 0 aromatic heterocycles. The number of hydrogen-bond donors (Lipinski definition) is 4. The van der Waals surface area contributed by atoms with Gasteiger partial charge < -0.3 is 20.8 Å². The number of halogens is 1. The van der Waals surface area contributed by atoms with Crippen LogP contribution in [0.15, 0.2) is 48.5 Å². The van der Waals surface area contributed by atoms with E-state index in [4.69, 9.17) is 16.7 Å². The minimum atomic E-state index is -0.992. The normalized spacial score (nSPS) is 12.7. The Morgan fingerprint density at radius 2 is 1.32 bits per heavy atom. The smallest absolute Gasteiger partial charge is 0.307 e. The molecule has 2 heterocycles. The first-order valence-electron chi connectivity index (χ1n) is 11.9. The van der Waals surface area contributed by atoms with E-state index in [9.17, 15) is 33.9 Å². The Morgan fingerprint density at radius 3 is 1.88 bits per heavy atom. The van der Waals surface area contributed by atoms with Crippen LogP contribution in [0, 0.1) is 13.8 Å². The summed E-state index contributed by atoms with van der Waals surface area (Å²) in [6.45, 7) is 5.15. The van der Waals surface area contributed by atoms with Crippen molar-refractivity contribution in [2.24, 2.45) is 0 Å². The Balaban J connectivity index is 0.000000167. The van der Waals surface area contributed by atoms with Crippen LogP contribution < -0.4 is 10.6 Å². The number of aliphatic carboxylic acids is 1. The maximum atomic E-state index is 11.1. The van der Waals surface area contributed by atoms with E-state index in [-0.39, 0.29) is 24.4 Å². The first-order chi connectivity index (χ1) is 18.8. The van der Waals surface area contributed by atoms with Crippen molar-refractivity contribution in [2.45, 2.75) is 33.6 Å².